The van der Waals surface area contributed by atoms with Crippen molar-refractivity contribution in [3.05, 3.63) is 74.6 Å². The summed E-state index contributed by atoms with van der Waals surface area (Å²) in [6.45, 7) is 1.99. The number of benzene rings is 1. The van der Waals surface area contributed by atoms with Crippen LogP contribution in [0.4, 0.5) is 5.69 Å². The molecule has 0 fully saturated rings. The number of carbonyl (C=O) groups is 2. The van der Waals surface area contributed by atoms with Gasteiger partial charge in [-0.3, -0.25) is 4.79 Å². The predicted molar refractivity (Wildman–Crippen MR) is 108 cm³/mol. The molecule has 140 valence electrons. The van der Waals surface area contributed by atoms with Crippen LogP contribution in [0.25, 0.3) is 0 Å². The Morgan fingerprint density at radius 3 is 2.04 bits per heavy atom. The van der Waals surface area contributed by atoms with E-state index in [0.29, 0.717) is 17.8 Å². The van der Waals surface area contributed by atoms with Crippen LogP contribution >= 0.6 is 22.7 Å². The molecule has 3 aromatic rings. The maximum atomic E-state index is 12.5. The molecule has 0 spiro atoms. The van der Waals surface area contributed by atoms with Crippen LogP contribution in [0.2, 0.25) is 0 Å². The molecule has 0 bridgehead atoms. The quantitative estimate of drug-likeness (QED) is 0.571. The van der Waals surface area contributed by atoms with E-state index in [1.54, 1.807) is 46.9 Å². The Hall–Kier alpha value is -2.48. The second kappa shape index (κ2) is 9.45. The molecule has 0 radical (unpaired) electrons. The summed E-state index contributed by atoms with van der Waals surface area (Å²) < 4.78 is 4.68. The number of carbonyl (C=O) groups excluding carboxylic acids is 2. The van der Waals surface area contributed by atoms with Crippen LogP contribution in [-0.2, 0) is 22.6 Å². The summed E-state index contributed by atoms with van der Waals surface area (Å²) in [6, 6.07) is 15.0. The van der Waals surface area contributed by atoms with Gasteiger partial charge in [0.2, 0.25) is 0 Å². The lowest BCUT2D eigenvalue weighted by molar-refractivity contribution is -0.918. The molecular weight excluding hydrogens is 380 g/mol. The average Bonchev–Trinajstić information content (AvgIpc) is 3.36. The molecule has 0 saturated heterocycles. The van der Waals surface area contributed by atoms with Gasteiger partial charge in [-0.1, -0.05) is 12.1 Å². The Bertz CT molecular complexity index is 823. The number of quaternary nitrogens is 1. The Morgan fingerprint density at radius 2 is 1.56 bits per heavy atom. The molecule has 1 amide bonds. The second-order valence-corrected chi connectivity index (χ2v) is 8.12. The van der Waals surface area contributed by atoms with E-state index in [1.165, 1.54) is 21.8 Å². The van der Waals surface area contributed by atoms with Gasteiger partial charge in [0.15, 0.2) is 6.54 Å². The molecule has 7 heteroatoms. The van der Waals surface area contributed by atoms with Crippen LogP contribution < -0.4 is 10.2 Å². The highest BCUT2D eigenvalue weighted by Gasteiger charge is 2.17. The van der Waals surface area contributed by atoms with Crippen molar-refractivity contribution in [2.24, 2.45) is 0 Å². The van der Waals surface area contributed by atoms with E-state index in [-0.39, 0.29) is 5.91 Å². The van der Waals surface area contributed by atoms with Gasteiger partial charge in [-0.05, 0) is 47.2 Å². The minimum absolute atomic E-state index is 0.0519. The van der Waals surface area contributed by atoms with E-state index in [4.69, 9.17) is 0 Å². The van der Waals surface area contributed by atoms with Gasteiger partial charge in [-0.15, -0.1) is 22.7 Å². The summed E-state index contributed by atoms with van der Waals surface area (Å²) in [5.41, 5.74) is 1.12. The SMILES string of the molecule is COC(=O)c1ccc(NC(=O)C[NH+](Cc2cccs2)Cc2cccs2)cc1. The Kier molecular flexibility index (Phi) is 6.75. The minimum Gasteiger partial charge on any atom is -0.465 e. The predicted octanol–water partition coefficient (Wildman–Crippen LogP) is 2.82. The summed E-state index contributed by atoms with van der Waals surface area (Å²) in [5.74, 6) is -0.445. The smallest absolute Gasteiger partial charge is 0.337 e. The number of amides is 1. The lowest BCUT2D eigenvalue weighted by atomic mass is 10.2. The summed E-state index contributed by atoms with van der Waals surface area (Å²) in [5, 5.41) is 7.02. The maximum absolute atomic E-state index is 12.5. The first-order chi connectivity index (χ1) is 13.1. The van der Waals surface area contributed by atoms with E-state index in [0.717, 1.165) is 13.1 Å². The van der Waals surface area contributed by atoms with Crippen molar-refractivity contribution in [3.8, 4) is 0 Å². The van der Waals surface area contributed by atoms with Crippen LogP contribution in [0.15, 0.2) is 59.3 Å². The fourth-order valence-electron chi connectivity index (χ4n) is 2.75. The van der Waals surface area contributed by atoms with Gasteiger partial charge in [0, 0.05) is 5.69 Å². The van der Waals surface area contributed by atoms with Gasteiger partial charge in [0.25, 0.3) is 5.91 Å². The first-order valence-electron chi connectivity index (χ1n) is 8.50. The third-order valence-electron chi connectivity index (χ3n) is 4.01. The second-order valence-electron chi connectivity index (χ2n) is 6.06. The van der Waals surface area contributed by atoms with Gasteiger partial charge in [0.05, 0.1) is 22.4 Å². The summed E-state index contributed by atoms with van der Waals surface area (Å²) in [6.07, 6.45) is 0. The number of nitrogens with one attached hydrogen (secondary N) is 2. The number of rotatable bonds is 8. The van der Waals surface area contributed by atoms with Crippen LogP contribution in [0.5, 0.6) is 0 Å². The average molecular weight is 402 g/mol. The fourth-order valence-corrected chi connectivity index (χ4v) is 4.30. The van der Waals surface area contributed by atoms with Crippen molar-refractivity contribution in [1.82, 2.24) is 0 Å². The first-order valence-corrected chi connectivity index (χ1v) is 10.3. The molecule has 0 unspecified atom stereocenters. The molecule has 1 aromatic carbocycles. The molecule has 3 rings (SSSR count). The molecule has 27 heavy (non-hydrogen) atoms. The van der Waals surface area contributed by atoms with E-state index in [1.807, 2.05) is 12.1 Å². The largest absolute Gasteiger partial charge is 0.465 e. The molecule has 2 N–H and O–H groups in total. The number of hydrogen-bond donors (Lipinski definition) is 2. The number of esters is 1. The Morgan fingerprint density at radius 1 is 0.963 bits per heavy atom. The topological polar surface area (TPSA) is 59.8 Å². The molecule has 2 heterocycles. The van der Waals surface area contributed by atoms with Crippen LogP contribution in [-0.4, -0.2) is 25.5 Å². The third-order valence-corrected chi connectivity index (χ3v) is 5.76. The highest BCUT2D eigenvalue weighted by atomic mass is 32.1. The summed E-state index contributed by atoms with van der Waals surface area (Å²) in [7, 11) is 1.34. The van der Waals surface area contributed by atoms with Gasteiger partial charge in [-0.2, -0.15) is 0 Å². The van der Waals surface area contributed by atoms with Gasteiger partial charge in [-0.25, -0.2) is 4.79 Å². The van der Waals surface area contributed by atoms with Crippen molar-refractivity contribution >= 4 is 40.2 Å². The van der Waals surface area contributed by atoms with Crippen LogP contribution in [0.1, 0.15) is 20.1 Å². The van der Waals surface area contributed by atoms with E-state index < -0.39 is 5.97 Å². The zero-order valence-electron chi connectivity index (χ0n) is 14.9. The van der Waals surface area contributed by atoms with Crippen molar-refractivity contribution in [2.45, 2.75) is 13.1 Å². The molecule has 0 aliphatic rings. The molecule has 0 atom stereocenters. The zero-order valence-corrected chi connectivity index (χ0v) is 16.6. The monoisotopic (exact) mass is 401 g/mol. The highest BCUT2D eigenvalue weighted by Crippen LogP contribution is 2.11. The van der Waals surface area contributed by atoms with E-state index >= 15 is 0 Å². The molecule has 0 aliphatic carbocycles. The van der Waals surface area contributed by atoms with Crippen molar-refractivity contribution in [1.29, 1.82) is 0 Å². The van der Waals surface area contributed by atoms with Crippen molar-refractivity contribution in [3.63, 3.8) is 0 Å². The van der Waals surface area contributed by atoms with Crippen molar-refractivity contribution in [2.75, 3.05) is 19.0 Å². The minimum atomic E-state index is -0.393. The maximum Gasteiger partial charge on any atom is 0.337 e. The zero-order chi connectivity index (χ0) is 19.1. The number of methoxy groups -OCH3 is 1. The van der Waals surface area contributed by atoms with E-state index in [9.17, 15) is 9.59 Å². The molecule has 2 aromatic heterocycles. The van der Waals surface area contributed by atoms with Gasteiger partial charge < -0.3 is 15.0 Å². The summed E-state index contributed by atoms with van der Waals surface area (Å²) >= 11 is 3.42. The van der Waals surface area contributed by atoms with Gasteiger partial charge in [0.1, 0.15) is 13.1 Å². The van der Waals surface area contributed by atoms with Gasteiger partial charge >= 0.3 is 5.97 Å². The number of hydrogen-bond acceptors (Lipinski definition) is 5. The van der Waals surface area contributed by atoms with Crippen molar-refractivity contribution < 1.29 is 19.2 Å². The Labute approximate surface area is 166 Å². The molecular formula is C20H21N2O3S2+. The first kappa shape index (κ1) is 19.3. The van der Waals surface area contributed by atoms with E-state index in [2.05, 4.69) is 32.9 Å². The number of ether oxygens (including phenoxy) is 1. The normalized spacial score (nSPS) is 10.7. The highest BCUT2D eigenvalue weighted by molar-refractivity contribution is 7.10. The third kappa shape index (κ3) is 5.75. The number of anilines is 1. The molecule has 0 saturated carbocycles. The Balaban J connectivity index is 1.62. The lowest BCUT2D eigenvalue weighted by Gasteiger charge is -2.18. The summed E-state index contributed by atoms with van der Waals surface area (Å²) in [4.78, 5) is 27.7. The molecule has 5 nitrogen and oxygen atoms in total. The van der Waals surface area contributed by atoms with Crippen LogP contribution in [0.3, 0.4) is 0 Å². The number of thiophene rings is 2. The van der Waals surface area contributed by atoms with Crippen LogP contribution in [0, 0.1) is 0 Å². The molecule has 0 aliphatic heterocycles. The standard InChI is InChI=1S/C20H20N2O3S2/c1-25-20(24)15-6-8-16(9-7-15)21-19(23)14-22(12-17-4-2-10-26-17)13-18-5-3-11-27-18/h2-11H,12-14H2,1H3,(H,21,23)/p+1. The lowest BCUT2D eigenvalue weighted by Crippen LogP contribution is -3.10. The fraction of sp³-hybridized carbons (Fsp3) is 0.200.